The highest BCUT2D eigenvalue weighted by molar-refractivity contribution is 5.14. The summed E-state index contributed by atoms with van der Waals surface area (Å²) in [4.78, 5) is 0. The minimum atomic E-state index is -1.20. The van der Waals surface area contributed by atoms with Crippen molar-refractivity contribution in [1.82, 2.24) is 0 Å². The van der Waals surface area contributed by atoms with E-state index in [1.54, 1.807) is 14.0 Å². The molecule has 3 saturated heterocycles. The van der Waals surface area contributed by atoms with Crippen molar-refractivity contribution >= 4 is 0 Å². The molecule has 3 aliphatic heterocycles. The standard InChI is InChI=1S/C32H44O8/c1-20-21(2)28(35-18-25-15-11-8-12-16-25)30(37-26(20)19-34-17-24-13-9-7-10-14-24)38-27-22(3)23(4)36-31-29(27)39-32(5,33-6)40-31/h7-16,20-23,26-31H,17-19H2,1-6H3/t20-,21?,22-,23?,26+,27+,28?,29?,30+,31-,32?/m0/s1. The minimum absolute atomic E-state index is 0.0184. The van der Waals surface area contributed by atoms with E-state index in [9.17, 15) is 0 Å². The molecule has 0 bridgehead atoms. The monoisotopic (exact) mass is 556 g/mol. The first kappa shape index (κ1) is 29.6. The SMILES string of the molecule is COC1(C)OC2[C@@H](OC(C)[C@H](C)[C@H]2O[C@H]2O[C@H](COCc3ccccc3)[C@@H](C)C(C)C2OCc2ccccc2)O1. The Balaban J connectivity index is 1.33. The third kappa shape index (κ3) is 6.61. The zero-order valence-corrected chi connectivity index (χ0v) is 24.4. The highest BCUT2D eigenvalue weighted by Gasteiger charge is 2.56. The van der Waals surface area contributed by atoms with E-state index in [1.807, 2.05) is 43.3 Å². The fourth-order valence-electron chi connectivity index (χ4n) is 5.71. The van der Waals surface area contributed by atoms with Gasteiger partial charge < -0.3 is 33.2 Å². The van der Waals surface area contributed by atoms with Gasteiger partial charge in [-0.2, -0.15) is 0 Å². The van der Waals surface area contributed by atoms with Crippen molar-refractivity contribution in [3.8, 4) is 0 Å². The lowest BCUT2D eigenvalue weighted by molar-refractivity contribution is -0.336. The second kappa shape index (κ2) is 13.0. The first-order valence-electron chi connectivity index (χ1n) is 14.4. The van der Waals surface area contributed by atoms with Gasteiger partial charge in [-0.05, 0) is 29.9 Å². The van der Waals surface area contributed by atoms with Crippen molar-refractivity contribution in [2.24, 2.45) is 17.8 Å². The van der Waals surface area contributed by atoms with Crippen LogP contribution in [0.25, 0.3) is 0 Å². The van der Waals surface area contributed by atoms with Crippen LogP contribution in [-0.4, -0.2) is 62.8 Å². The first-order chi connectivity index (χ1) is 19.3. The second-order valence-corrected chi connectivity index (χ2v) is 11.5. The van der Waals surface area contributed by atoms with Gasteiger partial charge in [-0.1, -0.05) is 81.4 Å². The maximum absolute atomic E-state index is 6.84. The van der Waals surface area contributed by atoms with E-state index in [0.717, 1.165) is 11.1 Å². The third-order valence-electron chi connectivity index (χ3n) is 8.73. The van der Waals surface area contributed by atoms with Gasteiger partial charge in [0.25, 0.3) is 5.97 Å². The number of hydrogen-bond acceptors (Lipinski definition) is 8. The quantitative estimate of drug-likeness (QED) is 0.391. The average molecular weight is 557 g/mol. The van der Waals surface area contributed by atoms with E-state index in [0.29, 0.717) is 19.8 Å². The summed E-state index contributed by atoms with van der Waals surface area (Å²) in [5, 5.41) is 0. The lowest BCUT2D eigenvalue weighted by atomic mass is 9.83. The van der Waals surface area contributed by atoms with Crippen LogP contribution in [0.4, 0.5) is 0 Å². The predicted octanol–water partition coefficient (Wildman–Crippen LogP) is 5.29. The van der Waals surface area contributed by atoms with Gasteiger partial charge in [0.1, 0.15) is 12.2 Å². The third-order valence-corrected chi connectivity index (χ3v) is 8.73. The Morgan fingerprint density at radius 3 is 2.05 bits per heavy atom. The van der Waals surface area contributed by atoms with E-state index in [4.69, 9.17) is 37.9 Å². The van der Waals surface area contributed by atoms with Crippen LogP contribution in [-0.2, 0) is 51.1 Å². The molecule has 3 heterocycles. The van der Waals surface area contributed by atoms with Crippen LogP contribution >= 0.6 is 0 Å². The number of fused-ring (bicyclic) bond motifs is 1. The molecule has 0 radical (unpaired) electrons. The molecule has 0 amide bonds. The van der Waals surface area contributed by atoms with Crippen molar-refractivity contribution in [1.29, 1.82) is 0 Å². The summed E-state index contributed by atoms with van der Waals surface area (Å²) in [6, 6.07) is 20.3. The van der Waals surface area contributed by atoms with Crippen LogP contribution in [0, 0.1) is 17.8 Å². The van der Waals surface area contributed by atoms with Gasteiger partial charge >= 0.3 is 0 Å². The Morgan fingerprint density at radius 2 is 1.40 bits per heavy atom. The van der Waals surface area contributed by atoms with E-state index < -0.39 is 24.7 Å². The molecule has 0 saturated carbocycles. The van der Waals surface area contributed by atoms with Crippen LogP contribution < -0.4 is 0 Å². The summed E-state index contributed by atoms with van der Waals surface area (Å²) >= 11 is 0. The summed E-state index contributed by atoms with van der Waals surface area (Å²) < 4.78 is 50.0. The first-order valence-corrected chi connectivity index (χ1v) is 14.4. The van der Waals surface area contributed by atoms with Crippen molar-refractivity contribution in [2.45, 2.75) is 96.9 Å². The van der Waals surface area contributed by atoms with Crippen molar-refractivity contribution in [3.63, 3.8) is 0 Å². The molecule has 0 aliphatic carbocycles. The largest absolute Gasteiger partial charge is 0.374 e. The van der Waals surface area contributed by atoms with Crippen LogP contribution in [0.2, 0.25) is 0 Å². The summed E-state index contributed by atoms with van der Waals surface area (Å²) in [5.74, 6) is -0.837. The number of ether oxygens (including phenoxy) is 8. The van der Waals surface area contributed by atoms with Crippen LogP contribution in [0.5, 0.6) is 0 Å². The van der Waals surface area contributed by atoms with Gasteiger partial charge in [-0.3, -0.25) is 4.74 Å². The molecule has 220 valence electrons. The normalized spacial score (nSPS) is 39.6. The molecule has 3 aliphatic rings. The Morgan fingerprint density at radius 1 is 0.750 bits per heavy atom. The minimum Gasteiger partial charge on any atom is -0.374 e. The van der Waals surface area contributed by atoms with Crippen LogP contribution in [0.3, 0.4) is 0 Å². The molecule has 2 aromatic rings. The van der Waals surface area contributed by atoms with Gasteiger partial charge in [0.2, 0.25) is 0 Å². The molecule has 40 heavy (non-hydrogen) atoms. The smallest absolute Gasteiger partial charge is 0.282 e. The molecule has 0 spiro atoms. The average Bonchev–Trinajstić information content (AvgIpc) is 3.31. The molecule has 0 aromatic heterocycles. The van der Waals surface area contributed by atoms with Gasteiger partial charge in [0.05, 0.1) is 38.1 Å². The molecular formula is C32H44O8. The Bertz CT molecular complexity index is 1050. The topological polar surface area (TPSA) is 73.8 Å². The van der Waals surface area contributed by atoms with E-state index >= 15 is 0 Å². The predicted molar refractivity (Wildman–Crippen MR) is 148 cm³/mol. The number of hydrogen-bond donors (Lipinski definition) is 0. The Labute approximate surface area is 238 Å². The zero-order valence-electron chi connectivity index (χ0n) is 24.4. The highest BCUT2D eigenvalue weighted by atomic mass is 16.9. The Kier molecular flexibility index (Phi) is 9.60. The number of methoxy groups -OCH3 is 1. The second-order valence-electron chi connectivity index (χ2n) is 11.5. The molecule has 0 N–H and O–H groups in total. The van der Waals surface area contributed by atoms with Crippen LogP contribution in [0.15, 0.2) is 60.7 Å². The molecule has 8 heteroatoms. The number of rotatable bonds is 10. The highest BCUT2D eigenvalue weighted by Crippen LogP contribution is 2.42. The fraction of sp³-hybridized carbons (Fsp3) is 0.625. The molecular weight excluding hydrogens is 512 g/mol. The summed E-state index contributed by atoms with van der Waals surface area (Å²) in [5.41, 5.74) is 2.23. The van der Waals surface area contributed by atoms with Crippen molar-refractivity contribution in [3.05, 3.63) is 71.8 Å². The van der Waals surface area contributed by atoms with E-state index in [1.165, 1.54) is 0 Å². The summed E-state index contributed by atoms with van der Waals surface area (Å²) in [6.07, 6.45) is -2.62. The van der Waals surface area contributed by atoms with Gasteiger partial charge in [-0.25, -0.2) is 0 Å². The fourth-order valence-corrected chi connectivity index (χ4v) is 5.71. The van der Waals surface area contributed by atoms with Crippen molar-refractivity contribution < 1.29 is 37.9 Å². The van der Waals surface area contributed by atoms with Crippen molar-refractivity contribution in [2.75, 3.05) is 13.7 Å². The summed E-state index contributed by atoms with van der Waals surface area (Å²) in [6.45, 7) is 11.7. The van der Waals surface area contributed by atoms with E-state index in [2.05, 4.69) is 45.0 Å². The molecule has 5 rings (SSSR count). The maximum Gasteiger partial charge on any atom is 0.282 e. The zero-order chi connectivity index (χ0) is 28.3. The van der Waals surface area contributed by atoms with E-state index in [-0.39, 0.29) is 42.2 Å². The molecule has 11 atom stereocenters. The lowest BCUT2D eigenvalue weighted by Gasteiger charge is -2.47. The molecule has 2 aromatic carbocycles. The molecule has 8 nitrogen and oxygen atoms in total. The van der Waals surface area contributed by atoms with Gasteiger partial charge in [-0.15, -0.1) is 0 Å². The Hall–Kier alpha value is -1.88. The maximum atomic E-state index is 6.84. The molecule has 3 fully saturated rings. The number of benzene rings is 2. The summed E-state index contributed by atoms with van der Waals surface area (Å²) in [7, 11) is 1.56. The lowest BCUT2D eigenvalue weighted by Crippen LogP contribution is -2.58. The van der Waals surface area contributed by atoms with Crippen LogP contribution in [0.1, 0.15) is 45.7 Å². The van der Waals surface area contributed by atoms with Gasteiger partial charge in [0, 0.05) is 20.0 Å². The molecule has 5 unspecified atom stereocenters. The van der Waals surface area contributed by atoms with Gasteiger partial charge in [0.15, 0.2) is 12.6 Å².